The van der Waals surface area contributed by atoms with E-state index in [9.17, 15) is 24.2 Å². The maximum atomic E-state index is 12.0. The van der Waals surface area contributed by atoms with Crippen molar-refractivity contribution in [1.29, 1.82) is 0 Å². The molecule has 1 amide bonds. The van der Waals surface area contributed by atoms with Crippen molar-refractivity contribution in [2.45, 2.75) is 161 Å². The Morgan fingerprint density at radius 3 is 1.61 bits per heavy atom. The number of unbranched alkanes of at least 4 members (excludes halogenated alkanes) is 18. The van der Waals surface area contributed by atoms with E-state index in [1.807, 2.05) is 0 Å². The van der Waals surface area contributed by atoms with E-state index in [-0.39, 0.29) is 32.1 Å². The van der Waals surface area contributed by atoms with Crippen molar-refractivity contribution in [3.63, 3.8) is 0 Å². The number of esters is 1. The molecule has 2 unspecified atom stereocenters. The average molecular weight is 608 g/mol. The van der Waals surface area contributed by atoms with Crippen LogP contribution in [0.3, 0.4) is 0 Å². The maximum absolute atomic E-state index is 12.0. The van der Waals surface area contributed by atoms with Gasteiger partial charge in [0, 0.05) is 19.4 Å². The van der Waals surface area contributed by atoms with Gasteiger partial charge in [-0.15, -0.1) is 0 Å². The second kappa shape index (κ2) is 29.1. The number of amides is 1. The number of rotatable bonds is 31. The van der Waals surface area contributed by atoms with Crippen LogP contribution in [0.5, 0.6) is 0 Å². The fourth-order valence-electron chi connectivity index (χ4n) is 4.50. The van der Waals surface area contributed by atoms with Gasteiger partial charge in [-0.1, -0.05) is 129 Å². The minimum atomic E-state index is -4.39. The summed E-state index contributed by atoms with van der Waals surface area (Å²) < 4.78 is 26.4. The smallest absolute Gasteiger partial charge is 0.463 e. The quantitative estimate of drug-likeness (QED) is 0.0414. The lowest BCUT2D eigenvalue weighted by molar-refractivity contribution is -0.147. The van der Waals surface area contributed by atoms with Crippen LogP contribution in [-0.4, -0.2) is 54.3 Å². The van der Waals surface area contributed by atoms with Gasteiger partial charge in [0.05, 0.1) is 13.2 Å². The van der Waals surface area contributed by atoms with Gasteiger partial charge in [0.25, 0.3) is 0 Å². The van der Waals surface area contributed by atoms with E-state index < -0.39 is 26.5 Å². The molecule has 3 N–H and O–H groups in total. The first-order chi connectivity index (χ1) is 19.8. The molecule has 0 aromatic carbocycles. The fourth-order valence-corrected chi connectivity index (χ4v) is 5.25. The summed E-state index contributed by atoms with van der Waals surface area (Å²) in [7, 11) is -4.39. The number of nitrogens with one attached hydrogen (secondary N) is 1. The molecule has 0 fully saturated rings. The Bertz CT molecular complexity index is 664. The van der Waals surface area contributed by atoms with Crippen molar-refractivity contribution in [3.8, 4) is 0 Å². The molecule has 9 nitrogen and oxygen atoms in total. The number of carbonyl (C=O) groups is 2. The third-order valence-electron chi connectivity index (χ3n) is 7.04. The molecule has 0 heterocycles. The van der Waals surface area contributed by atoms with Gasteiger partial charge in [0.2, 0.25) is 5.91 Å². The van der Waals surface area contributed by atoms with Gasteiger partial charge in [-0.3, -0.25) is 18.6 Å². The third kappa shape index (κ3) is 30.3. The van der Waals surface area contributed by atoms with Gasteiger partial charge < -0.3 is 20.1 Å². The molecule has 0 spiro atoms. The molecule has 0 saturated heterocycles. The number of aliphatic hydroxyl groups excluding tert-OH is 1. The minimum Gasteiger partial charge on any atom is -0.463 e. The molecule has 0 rings (SSSR count). The molecular formula is C31H62NO8P. The second-order valence-electron chi connectivity index (χ2n) is 11.1. The van der Waals surface area contributed by atoms with E-state index in [1.165, 1.54) is 83.5 Å². The predicted octanol–water partition coefficient (Wildman–Crippen LogP) is 7.76. The summed E-state index contributed by atoms with van der Waals surface area (Å²) in [5, 5.41) is 12.5. The van der Waals surface area contributed by atoms with E-state index in [1.54, 1.807) is 0 Å². The molecule has 0 aliphatic heterocycles. The summed E-state index contributed by atoms with van der Waals surface area (Å²) >= 11 is 0. The predicted molar refractivity (Wildman–Crippen MR) is 165 cm³/mol. The van der Waals surface area contributed by atoms with Gasteiger partial charge in [-0.05, 0) is 12.8 Å². The first-order valence-electron chi connectivity index (χ1n) is 16.5. The van der Waals surface area contributed by atoms with Crippen LogP contribution in [0, 0.1) is 0 Å². The largest absolute Gasteiger partial charge is 0.472 e. The van der Waals surface area contributed by atoms with Crippen molar-refractivity contribution >= 4 is 19.7 Å². The number of hydrogen-bond acceptors (Lipinski definition) is 7. The molecule has 0 radical (unpaired) electrons. The highest BCUT2D eigenvalue weighted by Gasteiger charge is 2.23. The Balaban J connectivity index is 3.55. The van der Waals surface area contributed by atoms with Gasteiger partial charge in [0.1, 0.15) is 12.7 Å². The molecule has 2 atom stereocenters. The second-order valence-corrected chi connectivity index (χ2v) is 12.6. The van der Waals surface area contributed by atoms with Gasteiger partial charge >= 0.3 is 13.8 Å². The average Bonchev–Trinajstić information content (AvgIpc) is 2.95. The molecule has 0 aromatic heterocycles. The van der Waals surface area contributed by atoms with E-state index in [2.05, 4.69) is 19.2 Å². The Morgan fingerprint density at radius 1 is 0.659 bits per heavy atom. The molecule has 0 bridgehead atoms. The van der Waals surface area contributed by atoms with Crippen molar-refractivity contribution in [2.75, 3.05) is 26.4 Å². The lowest BCUT2D eigenvalue weighted by atomic mass is 10.0. The van der Waals surface area contributed by atoms with Crippen LogP contribution in [0.2, 0.25) is 0 Å². The van der Waals surface area contributed by atoms with Crippen LogP contribution in [0.25, 0.3) is 0 Å². The summed E-state index contributed by atoms with van der Waals surface area (Å²) in [6.07, 6.45) is 23.8. The topological polar surface area (TPSA) is 131 Å². The molecule has 0 aliphatic carbocycles. The summed E-state index contributed by atoms with van der Waals surface area (Å²) in [6, 6.07) is 0. The zero-order valence-corrected chi connectivity index (χ0v) is 27.1. The van der Waals surface area contributed by atoms with Gasteiger partial charge in [0.15, 0.2) is 0 Å². The molecule has 41 heavy (non-hydrogen) atoms. The lowest BCUT2D eigenvalue weighted by Crippen LogP contribution is -2.27. The van der Waals surface area contributed by atoms with Crippen molar-refractivity contribution in [3.05, 3.63) is 0 Å². The number of phosphoric acid groups is 1. The Morgan fingerprint density at radius 2 is 1.10 bits per heavy atom. The Kier molecular flexibility index (Phi) is 28.4. The van der Waals surface area contributed by atoms with Crippen molar-refractivity contribution in [1.82, 2.24) is 5.32 Å². The number of hydrogen-bond donors (Lipinski definition) is 3. The van der Waals surface area contributed by atoms with Crippen LogP contribution in [0.4, 0.5) is 0 Å². The summed E-state index contributed by atoms with van der Waals surface area (Å²) in [4.78, 5) is 33.3. The number of carbonyl (C=O) groups excluding carboxylic acids is 2. The zero-order valence-electron chi connectivity index (χ0n) is 26.3. The number of aliphatic hydroxyl groups is 1. The van der Waals surface area contributed by atoms with Crippen LogP contribution in [0.1, 0.15) is 155 Å². The molecule has 10 heteroatoms. The van der Waals surface area contributed by atoms with Crippen molar-refractivity contribution < 1.29 is 37.9 Å². The molecule has 0 saturated carbocycles. The van der Waals surface area contributed by atoms with Gasteiger partial charge in [-0.25, -0.2) is 4.57 Å². The summed E-state index contributed by atoms with van der Waals surface area (Å²) in [6.45, 7) is 3.41. The molecule has 244 valence electrons. The Hall–Kier alpha value is -0.990. The summed E-state index contributed by atoms with van der Waals surface area (Å²) in [5.74, 6) is -0.529. The monoisotopic (exact) mass is 607 g/mol. The van der Waals surface area contributed by atoms with Gasteiger partial charge in [-0.2, -0.15) is 0 Å². The van der Waals surface area contributed by atoms with Crippen LogP contribution >= 0.6 is 7.82 Å². The van der Waals surface area contributed by atoms with E-state index in [0.29, 0.717) is 6.42 Å². The number of phosphoric ester groups is 1. The highest BCUT2D eigenvalue weighted by molar-refractivity contribution is 7.47. The van der Waals surface area contributed by atoms with E-state index in [0.717, 1.165) is 44.9 Å². The Labute approximate surface area is 250 Å². The van der Waals surface area contributed by atoms with Crippen LogP contribution < -0.4 is 5.32 Å². The number of ether oxygens (including phenoxy) is 1. The van der Waals surface area contributed by atoms with Crippen molar-refractivity contribution in [2.24, 2.45) is 0 Å². The van der Waals surface area contributed by atoms with E-state index in [4.69, 9.17) is 13.8 Å². The standard InChI is InChI=1S/C31H62NO8P/c1-3-5-7-9-10-11-12-13-14-15-16-17-18-19-20-21-23-30(34)32-25-26-39-41(36,37)40-28-29(33)27-38-31(35)24-22-8-6-4-2/h29,33H,3-28H2,1-2H3,(H,32,34)(H,36,37). The highest BCUT2D eigenvalue weighted by Crippen LogP contribution is 2.42. The summed E-state index contributed by atoms with van der Waals surface area (Å²) in [5.41, 5.74) is 0. The minimum absolute atomic E-state index is 0.0871. The fraction of sp³-hybridized carbons (Fsp3) is 0.935. The zero-order chi connectivity index (χ0) is 30.4. The first-order valence-corrected chi connectivity index (χ1v) is 18.0. The first kappa shape index (κ1) is 40.0. The normalized spacial score (nSPS) is 13.6. The molecular weight excluding hydrogens is 545 g/mol. The highest BCUT2D eigenvalue weighted by atomic mass is 31.2. The third-order valence-corrected chi connectivity index (χ3v) is 8.02. The van der Waals surface area contributed by atoms with Crippen LogP contribution in [-0.2, 0) is 27.9 Å². The SMILES string of the molecule is CCCCCCCCCCCCCCCCCCC(=O)NCCOP(=O)(O)OCC(O)COC(=O)CCCCCC. The molecule has 0 aliphatic rings. The lowest BCUT2D eigenvalue weighted by Gasteiger charge is -2.15. The maximum Gasteiger partial charge on any atom is 0.472 e. The van der Waals surface area contributed by atoms with E-state index >= 15 is 0 Å². The van der Waals surface area contributed by atoms with Crippen LogP contribution in [0.15, 0.2) is 0 Å². The molecule has 0 aromatic rings.